The molecule has 1 aromatic carbocycles. The predicted octanol–water partition coefficient (Wildman–Crippen LogP) is 3.88. The molecule has 17 heavy (non-hydrogen) atoms. The van der Waals surface area contributed by atoms with Gasteiger partial charge in [0.05, 0.1) is 0 Å². The molecule has 4 heteroatoms. The Labute approximate surface area is 113 Å². The number of hydrogen-bond donors (Lipinski definition) is 1. The number of nitrogens with zero attached hydrogens (tertiary/aromatic N) is 1. The van der Waals surface area contributed by atoms with Crippen molar-refractivity contribution in [3.63, 3.8) is 0 Å². The van der Waals surface area contributed by atoms with E-state index in [2.05, 4.69) is 32.4 Å². The van der Waals surface area contributed by atoms with Gasteiger partial charge in [0.25, 0.3) is 0 Å². The molecule has 0 amide bonds. The van der Waals surface area contributed by atoms with Crippen LogP contribution in [0.5, 0.6) is 5.75 Å². The Morgan fingerprint density at radius 1 is 1.35 bits per heavy atom. The van der Waals surface area contributed by atoms with Crippen molar-refractivity contribution in [2.45, 2.75) is 6.42 Å². The molecule has 88 valence electrons. The zero-order valence-electron chi connectivity index (χ0n) is 9.14. The molecule has 0 spiro atoms. The minimum Gasteiger partial charge on any atom is -0.507 e. The molecule has 0 aliphatic heterocycles. The van der Waals surface area contributed by atoms with Gasteiger partial charge in [0.15, 0.2) is 0 Å². The van der Waals surface area contributed by atoms with Gasteiger partial charge in [-0.05, 0) is 29.6 Å². The Hall–Kier alpha value is -1.13. The number of phenolic OH excluding ortho intramolecular Hbond substituents is 1. The number of benzene rings is 1. The van der Waals surface area contributed by atoms with Crippen molar-refractivity contribution in [1.29, 1.82) is 0 Å². The van der Waals surface area contributed by atoms with Crippen molar-refractivity contribution in [2.24, 2.45) is 4.99 Å². The minimum absolute atomic E-state index is 0.257. The summed E-state index contributed by atoms with van der Waals surface area (Å²) in [6, 6.07) is 9.47. The third-order valence-electron chi connectivity index (χ3n) is 2.29. The van der Waals surface area contributed by atoms with Crippen LogP contribution >= 0.6 is 27.3 Å². The van der Waals surface area contributed by atoms with Crippen molar-refractivity contribution in [1.82, 2.24) is 0 Å². The molecular weight excluding hydrogens is 298 g/mol. The highest BCUT2D eigenvalue weighted by Crippen LogP contribution is 2.20. The molecule has 0 atom stereocenters. The third kappa shape index (κ3) is 3.68. The Morgan fingerprint density at radius 3 is 3.00 bits per heavy atom. The van der Waals surface area contributed by atoms with Gasteiger partial charge in [0.1, 0.15) is 5.75 Å². The van der Waals surface area contributed by atoms with Gasteiger partial charge in [-0.1, -0.05) is 22.0 Å². The molecular formula is C13H12BrNOS. The normalized spacial score (nSPS) is 11.1. The van der Waals surface area contributed by atoms with Gasteiger partial charge in [0, 0.05) is 34.1 Å². The number of phenols is 1. The summed E-state index contributed by atoms with van der Waals surface area (Å²) in [6.45, 7) is 0.743. The highest BCUT2D eigenvalue weighted by Gasteiger charge is 1.98. The summed E-state index contributed by atoms with van der Waals surface area (Å²) in [4.78, 5) is 5.65. The first-order chi connectivity index (χ1) is 8.25. The number of halogens is 1. The molecule has 2 rings (SSSR count). The van der Waals surface area contributed by atoms with Gasteiger partial charge >= 0.3 is 0 Å². The lowest BCUT2D eigenvalue weighted by molar-refractivity contribution is 0.474. The summed E-state index contributed by atoms with van der Waals surface area (Å²) in [5.41, 5.74) is 0.741. The van der Waals surface area contributed by atoms with Crippen LogP contribution in [0.15, 0.2) is 45.2 Å². The van der Waals surface area contributed by atoms with Crippen LogP contribution in [0.3, 0.4) is 0 Å². The minimum atomic E-state index is 0.257. The van der Waals surface area contributed by atoms with E-state index >= 15 is 0 Å². The summed E-state index contributed by atoms with van der Waals surface area (Å²) in [7, 11) is 0. The fourth-order valence-corrected chi connectivity index (χ4v) is 2.50. The smallest absolute Gasteiger partial charge is 0.124 e. The molecule has 1 aromatic heterocycles. The van der Waals surface area contributed by atoms with Gasteiger partial charge in [-0.15, -0.1) is 11.3 Å². The Balaban J connectivity index is 1.94. The maximum absolute atomic E-state index is 9.61. The van der Waals surface area contributed by atoms with Gasteiger partial charge in [-0.2, -0.15) is 0 Å². The van der Waals surface area contributed by atoms with Crippen LogP contribution in [0.4, 0.5) is 0 Å². The molecule has 0 unspecified atom stereocenters. The lowest BCUT2D eigenvalue weighted by Crippen LogP contribution is -1.88. The van der Waals surface area contributed by atoms with Gasteiger partial charge in [-0.3, -0.25) is 4.99 Å². The molecule has 0 saturated carbocycles. The number of aliphatic imine (C=N–C) groups is 1. The van der Waals surface area contributed by atoms with Crippen LogP contribution in [0.1, 0.15) is 10.4 Å². The molecule has 0 aliphatic rings. The van der Waals surface area contributed by atoms with Gasteiger partial charge in [0.2, 0.25) is 0 Å². The number of hydrogen-bond acceptors (Lipinski definition) is 3. The van der Waals surface area contributed by atoms with E-state index in [1.165, 1.54) is 4.88 Å². The van der Waals surface area contributed by atoms with Gasteiger partial charge < -0.3 is 5.11 Å². The maximum Gasteiger partial charge on any atom is 0.124 e. The predicted molar refractivity (Wildman–Crippen MR) is 76.3 cm³/mol. The summed E-state index contributed by atoms with van der Waals surface area (Å²) in [5.74, 6) is 0.257. The van der Waals surface area contributed by atoms with E-state index in [9.17, 15) is 5.11 Å². The largest absolute Gasteiger partial charge is 0.507 e. The average Bonchev–Trinajstić information content (AvgIpc) is 2.82. The highest BCUT2D eigenvalue weighted by atomic mass is 79.9. The zero-order valence-corrected chi connectivity index (χ0v) is 11.5. The van der Waals surface area contributed by atoms with Crippen molar-refractivity contribution >= 4 is 33.5 Å². The average molecular weight is 310 g/mol. The first kappa shape index (κ1) is 12.3. The van der Waals surface area contributed by atoms with E-state index < -0.39 is 0 Å². The second-order valence-corrected chi connectivity index (χ2v) is 5.52. The Kier molecular flexibility index (Phi) is 4.34. The molecule has 0 radical (unpaired) electrons. The first-order valence-electron chi connectivity index (χ1n) is 5.26. The lowest BCUT2D eigenvalue weighted by Gasteiger charge is -1.99. The van der Waals surface area contributed by atoms with Crippen molar-refractivity contribution in [2.75, 3.05) is 6.54 Å². The summed E-state index contributed by atoms with van der Waals surface area (Å²) < 4.78 is 0.940. The molecule has 0 fully saturated rings. The molecule has 1 heterocycles. The number of rotatable bonds is 4. The van der Waals surface area contributed by atoms with E-state index in [1.807, 2.05) is 12.1 Å². The number of aromatic hydroxyl groups is 1. The topological polar surface area (TPSA) is 32.6 Å². The SMILES string of the molecule is Oc1ccc(Br)cc1C=NCCc1cccs1. The van der Waals surface area contributed by atoms with Crippen molar-refractivity contribution in [3.05, 3.63) is 50.6 Å². The second-order valence-electron chi connectivity index (χ2n) is 3.57. The van der Waals surface area contributed by atoms with Crippen LogP contribution in [0.2, 0.25) is 0 Å². The van der Waals surface area contributed by atoms with Crippen molar-refractivity contribution in [3.8, 4) is 5.75 Å². The monoisotopic (exact) mass is 309 g/mol. The number of thiophene rings is 1. The fraction of sp³-hybridized carbons (Fsp3) is 0.154. The molecule has 0 saturated heterocycles. The lowest BCUT2D eigenvalue weighted by atomic mass is 10.2. The summed E-state index contributed by atoms with van der Waals surface area (Å²) in [6.07, 6.45) is 2.66. The fourth-order valence-electron chi connectivity index (χ4n) is 1.42. The molecule has 1 N–H and O–H groups in total. The van der Waals surface area contributed by atoms with Crippen LogP contribution in [-0.4, -0.2) is 17.9 Å². The molecule has 0 bridgehead atoms. The van der Waals surface area contributed by atoms with E-state index in [-0.39, 0.29) is 5.75 Å². The van der Waals surface area contributed by atoms with E-state index in [4.69, 9.17) is 0 Å². The summed E-state index contributed by atoms with van der Waals surface area (Å²) >= 11 is 5.11. The molecule has 2 aromatic rings. The molecule has 2 nitrogen and oxygen atoms in total. The quantitative estimate of drug-likeness (QED) is 0.854. The second kappa shape index (κ2) is 5.98. The molecule has 0 aliphatic carbocycles. The zero-order chi connectivity index (χ0) is 12.1. The van der Waals surface area contributed by atoms with Gasteiger partial charge in [-0.25, -0.2) is 0 Å². The Morgan fingerprint density at radius 2 is 2.24 bits per heavy atom. The van der Waals surface area contributed by atoms with Crippen LogP contribution in [0, 0.1) is 0 Å². The highest BCUT2D eigenvalue weighted by molar-refractivity contribution is 9.10. The summed E-state index contributed by atoms with van der Waals surface area (Å²) in [5, 5.41) is 11.7. The first-order valence-corrected chi connectivity index (χ1v) is 6.94. The standard InChI is InChI=1S/C13H12BrNOS/c14-11-3-4-13(16)10(8-11)9-15-6-5-12-2-1-7-17-12/h1-4,7-9,16H,5-6H2. The van der Waals surface area contributed by atoms with Crippen molar-refractivity contribution < 1.29 is 5.11 Å². The van der Waals surface area contributed by atoms with E-state index in [0.717, 1.165) is 23.0 Å². The van der Waals surface area contributed by atoms with Crippen LogP contribution in [0.25, 0.3) is 0 Å². The van der Waals surface area contributed by atoms with Crippen LogP contribution < -0.4 is 0 Å². The van der Waals surface area contributed by atoms with Crippen LogP contribution in [-0.2, 0) is 6.42 Å². The van der Waals surface area contributed by atoms with E-state index in [0.29, 0.717) is 0 Å². The maximum atomic E-state index is 9.61. The third-order valence-corrected chi connectivity index (χ3v) is 3.72. The Bertz CT molecular complexity index is 508. The van der Waals surface area contributed by atoms with E-state index in [1.54, 1.807) is 29.7 Å².